The number of para-hydroxylation sites is 2. The van der Waals surface area contributed by atoms with E-state index in [4.69, 9.17) is 18.9 Å². The zero-order valence-corrected chi connectivity index (χ0v) is 17.2. The van der Waals surface area contributed by atoms with Crippen LogP contribution in [0, 0.1) is 0 Å². The van der Waals surface area contributed by atoms with Crippen LogP contribution < -0.4 is 14.2 Å². The minimum atomic E-state index is -0.610. The van der Waals surface area contributed by atoms with Crippen LogP contribution in [0.3, 0.4) is 0 Å². The first-order valence-corrected chi connectivity index (χ1v) is 9.98. The lowest BCUT2D eigenvalue weighted by atomic mass is 10.1. The quantitative estimate of drug-likeness (QED) is 0.546. The molecule has 160 valence electrons. The smallest absolute Gasteiger partial charge is 0.344 e. The van der Waals surface area contributed by atoms with Gasteiger partial charge in [0.15, 0.2) is 30.8 Å². The minimum absolute atomic E-state index is 0.272. The van der Waals surface area contributed by atoms with Gasteiger partial charge in [-0.2, -0.15) is 0 Å². The van der Waals surface area contributed by atoms with Crippen molar-refractivity contribution in [3.8, 4) is 17.2 Å². The lowest BCUT2D eigenvalue weighted by Crippen LogP contribution is -2.43. The Morgan fingerprint density at radius 3 is 2.55 bits per heavy atom. The van der Waals surface area contributed by atoms with E-state index >= 15 is 0 Å². The molecule has 3 aromatic carbocycles. The van der Waals surface area contributed by atoms with Crippen LogP contribution in [-0.2, 0) is 14.3 Å². The van der Waals surface area contributed by atoms with Crippen LogP contribution in [0.15, 0.2) is 66.7 Å². The molecule has 1 heterocycles. The summed E-state index contributed by atoms with van der Waals surface area (Å²) in [6.45, 7) is 0.0264. The Morgan fingerprint density at radius 2 is 1.71 bits per heavy atom. The normalized spacial score (nSPS) is 14.7. The van der Waals surface area contributed by atoms with Gasteiger partial charge < -0.3 is 23.8 Å². The number of fused-ring (bicyclic) bond motifs is 2. The number of esters is 1. The molecule has 0 aliphatic carbocycles. The summed E-state index contributed by atoms with van der Waals surface area (Å²) in [5, 5.41) is 2.10. The maximum Gasteiger partial charge on any atom is 0.344 e. The summed E-state index contributed by atoms with van der Waals surface area (Å²) >= 11 is 0. The average molecular weight is 421 g/mol. The fourth-order valence-electron chi connectivity index (χ4n) is 3.25. The zero-order chi connectivity index (χ0) is 21.6. The van der Waals surface area contributed by atoms with Crippen molar-refractivity contribution >= 4 is 22.6 Å². The van der Waals surface area contributed by atoms with E-state index in [0.29, 0.717) is 30.4 Å². The van der Waals surface area contributed by atoms with Crippen LogP contribution in [0.1, 0.15) is 0 Å². The van der Waals surface area contributed by atoms with E-state index in [2.05, 4.69) is 0 Å². The molecule has 3 aromatic rings. The van der Waals surface area contributed by atoms with Crippen LogP contribution in [0.4, 0.5) is 0 Å². The number of nitrogens with zero attached hydrogens (tertiary/aromatic N) is 1. The SMILES string of the molecule is CN(C[C@H]1COc2ccccc2O1)C(=O)COC(=O)COc1ccc2ccccc2c1. The molecule has 31 heavy (non-hydrogen) atoms. The van der Waals surface area contributed by atoms with Gasteiger partial charge in [0.2, 0.25) is 0 Å². The van der Waals surface area contributed by atoms with E-state index in [1.807, 2.05) is 60.7 Å². The molecule has 0 unspecified atom stereocenters. The third-order valence-electron chi connectivity index (χ3n) is 4.91. The summed E-state index contributed by atoms with van der Waals surface area (Å²) < 4.78 is 22.0. The molecule has 7 heteroatoms. The van der Waals surface area contributed by atoms with Gasteiger partial charge in [-0.15, -0.1) is 0 Å². The van der Waals surface area contributed by atoms with E-state index in [0.717, 1.165) is 10.8 Å². The maximum absolute atomic E-state index is 12.3. The second kappa shape index (κ2) is 9.38. The molecule has 1 amide bonds. The van der Waals surface area contributed by atoms with Crippen molar-refractivity contribution in [3.05, 3.63) is 66.7 Å². The first kappa shape index (κ1) is 20.5. The van der Waals surface area contributed by atoms with Gasteiger partial charge in [-0.25, -0.2) is 4.79 Å². The molecule has 7 nitrogen and oxygen atoms in total. The highest BCUT2D eigenvalue weighted by atomic mass is 16.6. The van der Waals surface area contributed by atoms with Gasteiger partial charge in [-0.1, -0.05) is 42.5 Å². The Bertz CT molecular complexity index is 1080. The van der Waals surface area contributed by atoms with Gasteiger partial charge in [0.25, 0.3) is 5.91 Å². The summed E-state index contributed by atoms with van der Waals surface area (Å²) in [6.07, 6.45) is -0.296. The topological polar surface area (TPSA) is 74.3 Å². The molecule has 1 atom stereocenters. The van der Waals surface area contributed by atoms with Crippen molar-refractivity contribution < 1.29 is 28.5 Å². The number of ether oxygens (including phenoxy) is 4. The first-order chi connectivity index (χ1) is 15.1. The van der Waals surface area contributed by atoms with E-state index in [9.17, 15) is 9.59 Å². The lowest BCUT2D eigenvalue weighted by Gasteiger charge is -2.29. The van der Waals surface area contributed by atoms with Crippen LogP contribution >= 0.6 is 0 Å². The summed E-state index contributed by atoms with van der Waals surface area (Å²) in [7, 11) is 1.63. The molecule has 0 bridgehead atoms. The second-order valence-corrected chi connectivity index (χ2v) is 7.23. The van der Waals surface area contributed by atoms with E-state index in [-0.39, 0.29) is 25.2 Å². The number of benzene rings is 3. The van der Waals surface area contributed by atoms with Crippen LogP contribution in [0.5, 0.6) is 17.2 Å². The second-order valence-electron chi connectivity index (χ2n) is 7.23. The fourth-order valence-corrected chi connectivity index (χ4v) is 3.25. The molecule has 0 N–H and O–H groups in total. The van der Waals surface area contributed by atoms with Gasteiger partial charge in [0, 0.05) is 7.05 Å². The molecular formula is C24H23NO6. The predicted molar refractivity (Wildman–Crippen MR) is 114 cm³/mol. The molecule has 4 rings (SSSR count). The molecule has 1 aliphatic rings. The van der Waals surface area contributed by atoms with Gasteiger partial charge in [0.05, 0.1) is 6.54 Å². The van der Waals surface area contributed by atoms with Crippen molar-refractivity contribution in [1.29, 1.82) is 0 Å². The van der Waals surface area contributed by atoms with Crippen molar-refractivity contribution in [1.82, 2.24) is 4.90 Å². The number of carbonyl (C=O) groups excluding carboxylic acids is 2. The van der Waals surface area contributed by atoms with Crippen molar-refractivity contribution in [2.45, 2.75) is 6.10 Å². The van der Waals surface area contributed by atoms with E-state index in [1.165, 1.54) is 4.90 Å². The highest BCUT2D eigenvalue weighted by molar-refractivity contribution is 5.84. The van der Waals surface area contributed by atoms with Crippen molar-refractivity contribution in [2.75, 3.05) is 33.4 Å². The van der Waals surface area contributed by atoms with E-state index in [1.54, 1.807) is 13.1 Å². The summed E-state index contributed by atoms with van der Waals surface area (Å²) in [5.41, 5.74) is 0. The largest absolute Gasteiger partial charge is 0.486 e. The minimum Gasteiger partial charge on any atom is -0.486 e. The van der Waals surface area contributed by atoms with Crippen molar-refractivity contribution in [3.63, 3.8) is 0 Å². The van der Waals surface area contributed by atoms with E-state index < -0.39 is 5.97 Å². The standard InChI is InChI=1S/C24H23NO6/c1-25(13-20-14-29-21-8-4-5-9-22(21)31-20)23(26)15-30-24(27)16-28-19-11-10-17-6-2-3-7-18(17)12-19/h2-12,20H,13-16H2,1H3/t20-/m0/s1. The first-order valence-electron chi connectivity index (χ1n) is 9.98. The van der Waals surface area contributed by atoms with Crippen LogP contribution in [0.2, 0.25) is 0 Å². The molecule has 0 saturated carbocycles. The van der Waals surface area contributed by atoms with Gasteiger partial charge in [-0.3, -0.25) is 4.79 Å². The number of likely N-dealkylation sites (N-methyl/N-ethyl adjacent to an activating group) is 1. The molecule has 1 aliphatic heterocycles. The number of hydrogen-bond donors (Lipinski definition) is 0. The molecule has 0 saturated heterocycles. The van der Waals surface area contributed by atoms with Gasteiger partial charge >= 0.3 is 5.97 Å². The summed E-state index contributed by atoms with van der Waals surface area (Å²) in [4.78, 5) is 25.7. The molecular weight excluding hydrogens is 398 g/mol. The Kier molecular flexibility index (Phi) is 6.21. The molecule has 0 radical (unpaired) electrons. The zero-order valence-electron chi connectivity index (χ0n) is 17.2. The van der Waals surface area contributed by atoms with Crippen molar-refractivity contribution in [2.24, 2.45) is 0 Å². The van der Waals surface area contributed by atoms with Gasteiger partial charge in [0.1, 0.15) is 12.4 Å². The molecule has 0 aromatic heterocycles. The Labute approximate surface area is 180 Å². The molecule has 0 fully saturated rings. The number of amides is 1. The predicted octanol–water partition coefficient (Wildman–Crippen LogP) is 3.06. The average Bonchev–Trinajstić information content (AvgIpc) is 2.81. The third-order valence-corrected chi connectivity index (χ3v) is 4.91. The highest BCUT2D eigenvalue weighted by Gasteiger charge is 2.24. The van der Waals surface area contributed by atoms with Crippen LogP contribution in [-0.4, -0.2) is 56.3 Å². The maximum atomic E-state index is 12.3. The number of hydrogen-bond acceptors (Lipinski definition) is 6. The van der Waals surface area contributed by atoms with Gasteiger partial charge in [-0.05, 0) is 35.0 Å². The Balaban J connectivity index is 1.20. The highest BCUT2D eigenvalue weighted by Crippen LogP contribution is 2.30. The number of carbonyl (C=O) groups is 2. The van der Waals surface area contributed by atoms with Crippen LogP contribution in [0.25, 0.3) is 10.8 Å². The summed E-state index contributed by atoms with van der Waals surface area (Å²) in [6, 6.07) is 20.8. The lowest BCUT2D eigenvalue weighted by molar-refractivity contribution is -0.153. The Morgan fingerprint density at radius 1 is 0.968 bits per heavy atom. The fraction of sp³-hybridized carbons (Fsp3) is 0.250. The Hall–Kier alpha value is -3.74. The summed E-state index contributed by atoms with van der Waals surface area (Å²) in [5.74, 6) is 0.960. The monoisotopic (exact) mass is 421 g/mol. The molecule has 0 spiro atoms. The number of rotatable bonds is 7. The third kappa shape index (κ3) is 5.25.